The Morgan fingerprint density at radius 2 is 1.60 bits per heavy atom. The maximum atomic E-state index is 13.8. The first-order chi connectivity index (χ1) is 16.5. The third-order valence-corrected chi connectivity index (χ3v) is 7.28. The van der Waals surface area contributed by atoms with Crippen LogP contribution in [0.1, 0.15) is 32.8 Å². The molecule has 35 heavy (non-hydrogen) atoms. The monoisotopic (exact) mass is 527 g/mol. The highest BCUT2D eigenvalue weighted by atomic mass is 32.2. The van der Waals surface area contributed by atoms with Crippen LogP contribution in [0.4, 0.5) is 0 Å². The van der Waals surface area contributed by atoms with Crippen molar-refractivity contribution in [2.24, 2.45) is 0 Å². The first kappa shape index (κ1) is 28.4. The third-order valence-electron chi connectivity index (χ3n) is 4.56. The SMILES string of the molecule is CCOC(=O)CCc1ccccc1OP(=O)(N[C@@H](C)C(=O)OCC)Oc1ccc(S(C)(=O)=O)cc1. The Morgan fingerprint density at radius 1 is 0.971 bits per heavy atom. The number of para-hydroxylation sites is 1. The molecule has 0 aromatic heterocycles. The van der Waals surface area contributed by atoms with Crippen LogP contribution in [0.25, 0.3) is 0 Å². The summed E-state index contributed by atoms with van der Waals surface area (Å²) >= 11 is 0. The molecule has 10 nitrogen and oxygen atoms in total. The Bertz CT molecular complexity index is 1170. The van der Waals surface area contributed by atoms with E-state index in [1.807, 2.05) is 0 Å². The van der Waals surface area contributed by atoms with E-state index in [1.165, 1.54) is 31.2 Å². The van der Waals surface area contributed by atoms with Gasteiger partial charge in [-0.05, 0) is 63.1 Å². The largest absolute Gasteiger partial charge is 0.513 e. The van der Waals surface area contributed by atoms with Gasteiger partial charge < -0.3 is 18.5 Å². The number of carbonyl (C=O) groups excluding carboxylic acids is 2. The van der Waals surface area contributed by atoms with E-state index in [-0.39, 0.29) is 48.4 Å². The van der Waals surface area contributed by atoms with Gasteiger partial charge in [-0.1, -0.05) is 18.2 Å². The number of hydrogen-bond acceptors (Lipinski definition) is 9. The highest BCUT2D eigenvalue weighted by Gasteiger charge is 2.34. The summed E-state index contributed by atoms with van der Waals surface area (Å²) in [5, 5.41) is 2.56. The van der Waals surface area contributed by atoms with E-state index in [1.54, 1.807) is 38.1 Å². The van der Waals surface area contributed by atoms with E-state index in [4.69, 9.17) is 18.5 Å². The second kappa shape index (κ2) is 12.7. The van der Waals surface area contributed by atoms with Gasteiger partial charge in [0, 0.05) is 12.7 Å². The molecule has 12 heteroatoms. The molecule has 0 radical (unpaired) electrons. The van der Waals surface area contributed by atoms with Crippen LogP contribution in [-0.4, -0.2) is 45.9 Å². The van der Waals surface area contributed by atoms with Gasteiger partial charge in [0.25, 0.3) is 0 Å². The van der Waals surface area contributed by atoms with Crippen molar-refractivity contribution in [3.8, 4) is 11.5 Å². The molecule has 0 bridgehead atoms. The number of sulfone groups is 1. The predicted molar refractivity (Wildman–Crippen MR) is 129 cm³/mol. The second-order valence-electron chi connectivity index (χ2n) is 7.44. The molecule has 0 aliphatic heterocycles. The van der Waals surface area contributed by atoms with Gasteiger partial charge in [-0.3, -0.25) is 9.59 Å². The number of ether oxygens (including phenoxy) is 2. The number of esters is 2. The quantitative estimate of drug-likeness (QED) is 0.304. The molecule has 2 aromatic carbocycles. The lowest BCUT2D eigenvalue weighted by Crippen LogP contribution is -2.35. The van der Waals surface area contributed by atoms with E-state index in [2.05, 4.69) is 5.09 Å². The zero-order valence-corrected chi connectivity index (χ0v) is 21.8. The lowest BCUT2D eigenvalue weighted by Gasteiger charge is -2.24. The van der Waals surface area contributed by atoms with Crippen molar-refractivity contribution in [2.45, 2.75) is 44.6 Å². The standard InChI is InChI=1S/C23H30NO9PS/c1-5-30-22(25)16-11-18-9-7-8-10-21(18)33-34(27,24-17(3)23(26)31-6-2)32-19-12-14-20(15-13-19)35(4,28)29/h7-10,12-15,17H,5-6,11,16H2,1-4H3,(H,24,27)/t17-,34?/m0/s1. The molecule has 0 saturated carbocycles. The van der Waals surface area contributed by atoms with Gasteiger partial charge in [-0.25, -0.2) is 13.0 Å². The van der Waals surface area contributed by atoms with Crippen LogP contribution < -0.4 is 14.1 Å². The fraction of sp³-hybridized carbons (Fsp3) is 0.391. The Hall–Kier alpha value is -2.88. The minimum Gasteiger partial charge on any atom is -0.466 e. The van der Waals surface area contributed by atoms with Crippen LogP contribution in [-0.2, 0) is 39.9 Å². The summed E-state index contributed by atoms with van der Waals surface area (Å²) in [5.74, 6) is -0.825. The van der Waals surface area contributed by atoms with Gasteiger partial charge in [0.15, 0.2) is 9.84 Å². The van der Waals surface area contributed by atoms with Crippen molar-refractivity contribution in [1.29, 1.82) is 0 Å². The molecule has 2 aromatic rings. The maximum Gasteiger partial charge on any atom is 0.513 e. The minimum absolute atomic E-state index is 0.0493. The molecule has 0 heterocycles. The molecular formula is C23H30NO9PS. The van der Waals surface area contributed by atoms with Crippen molar-refractivity contribution in [2.75, 3.05) is 19.5 Å². The zero-order valence-electron chi connectivity index (χ0n) is 20.1. The van der Waals surface area contributed by atoms with E-state index >= 15 is 0 Å². The third kappa shape index (κ3) is 9.01. The van der Waals surface area contributed by atoms with Gasteiger partial charge in [-0.2, -0.15) is 5.09 Å². The van der Waals surface area contributed by atoms with Gasteiger partial charge in [0.05, 0.1) is 18.1 Å². The predicted octanol–water partition coefficient (Wildman–Crippen LogP) is 3.69. The molecule has 0 aliphatic carbocycles. The summed E-state index contributed by atoms with van der Waals surface area (Å²) in [5.41, 5.74) is 0.572. The number of hydrogen-bond donors (Lipinski definition) is 1. The van der Waals surface area contributed by atoms with Crippen LogP contribution >= 0.6 is 7.75 Å². The van der Waals surface area contributed by atoms with Crippen molar-refractivity contribution in [3.05, 3.63) is 54.1 Å². The smallest absolute Gasteiger partial charge is 0.466 e. The summed E-state index contributed by atoms with van der Waals surface area (Å²) in [6.45, 7) is 5.17. The highest BCUT2D eigenvalue weighted by molar-refractivity contribution is 7.90. The molecule has 0 spiro atoms. The molecule has 1 unspecified atom stereocenters. The molecular weight excluding hydrogens is 497 g/mol. The van der Waals surface area contributed by atoms with Gasteiger partial charge in [-0.15, -0.1) is 0 Å². The Labute approximate surface area is 205 Å². The van der Waals surface area contributed by atoms with E-state index in [0.29, 0.717) is 5.56 Å². The maximum absolute atomic E-state index is 13.8. The van der Waals surface area contributed by atoms with Crippen molar-refractivity contribution in [1.82, 2.24) is 5.09 Å². The number of aryl methyl sites for hydroxylation is 1. The van der Waals surface area contributed by atoms with Crippen molar-refractivity contribution >= 4 is 29.5 Å². The van der Waals surface area contributed by atoms with E-state index < -0.39 is 29.6 Å². The number of benzene rings is 2. The summed E-state index contributed by atoms with van der Waals surface area (Å²) in [4.78, 5) is 24.0. The molecule has 192 valence electrons. The first-order valence-corrected chi connectivity index (χ1v) is 14.4. The molecule has 0 saturated heterocycles. The van der Waals surface area contributed by atoms with Gasteiger partial charge in [0.2, 0.25) is 0 Å². The lowest BCUT2D eigenvalue weighted by atomic mass is 10.1. The van der Waals surface area contributed by atoms with Crippen LogP contribution in [0.5, 0.6) is 11.5 Å². The van der Waals surface area contributed by atoms with Gasteiger partial charge in [0.1, 0.15) is 17.5 Å². The number of nitrogens with one attached hydrogen (secondary N) is 1. The number of rotatable bonds is 13. The van der Waals surface area contributed by atoms with Crippen molar-refractivity contribution < 1.29 is 41.1 Å². The minimum atomic E-state index is -4.26. The Morgan fingerprint density at radius 3 is 2.20 bits per heavy atom. The average molecular weight is 528 g/mol. The van der Waals surface area contributed by atoms with Crippen LogP contribution in [0, 0.1) is 0 Å². The molecule has 0 aliphatic rings. The normalized spacial score (nSPS) is 13.8. The van der Waals surface area contributed by atoms with E-state index in [9.17, 15) is 22.6 Å². The molecule has 2 atom stereocenters. The molecule has 2 rings (SSSR count). The van der Waals surface area contributed by atoms with Crippen molar-refractivity contribution in [3.63, 3.8) is 0 Å². The summed E-state index contributed by atoms with van der Waals surface area (Å²) in [6, 6.07) is 10.9. The topological polar surface area (TPSA) is 134 Å². The summed E-state index contributed by atoms with van der Waals surface area (Å²) in [7, 11) is -7.70. The van der Waals surface area contributed by atoms with Crippen LogP contribution in [0.15, 0.2) is 53.4 Å². The first-order valence-electron chi connectivity index (χ1n) is 10.9. The van der Waals surface area contributed by atoms with Crippen LogP contribution in [0.3, 0.4) is 0 Å². The Balaban J connectivity index is 2.33. The lowest BCUT2D eigenvalue weighted by molar-refractivity contribution is -0.145. The fourth-order valence-corrected chi connectivity index (χ4v) is 5.10. The number of carbonyl (C=O) groups is 2. The summed E-state index contributed by atoms with van der Waals surface area (Å²) in [6.07, 6.45) is 1.40. The summed E-state index contributed by atoms with van der Waals surface area (Å²) < 4.78 is 58.5. The average Bonchev–Trinajstić information content (AvgIpc) is 2.78. The molecule has 1 N–H and O–H groups in total. The van der Waals surface area contributed by atoms with Crippen LogP contribution in [0.2, 0.25) is 0 Å². The Kier molecular flexibility index (Phi) is 10.3. The van der Waals surface area contributed by atoms with Gasteiger partial charge >= 0.3 is 19.7 Å². The highest BCUT2D eigenvalue weighted by Crippen LogP contribution is 2.46. The molecule has 0 fully saturated rings. The zero-order chi connectivity index (χ0) is 26.1. The second-order valence-corrected chi connectivity index (χ2v) is 11.1. The fourth-order valence-electron chi connectivity index (χ4n) is 2.91. The molecule has 0 amide bonds. The van der Waals surface area contributed by atoms with E-state index in [0.717, 1.165) is 6.26 Å².